The van der Waals surface area contributed by atoms with Gasteiger partial charge in [0.1, 0.15) is 11.6 Å². The van der Waals surface area contributed by atoms with Crippen molar-refractivity contribution in [1.29, 1.82) is 5.26 Å². The van der Waals surface area contributed by atoms with E-state index in [1.807, 2.05) is 37.7 Å². The molecule has 0 spiro atoms. The van der Waals surface area contributed by atoms with Crippen molar-refractivity contribution in [2.75, 3.05) is 13.1 Å². The number of nitriles is 1. The van der Waals surface area contributed by atoms with Gasteiger partial charge in [-0.2, -0.15) is 18.4 Å². The van der Waals surface area contributed by atoms with Crippen LogP contribution in [0, 0.1) is 30.1 Å². The van der Waals surface area contributed by atoms with Crippen molar-refractivity contribution in [3.63, 3.8) is 0 Å². The monoisotopic (exact) mass is 510 g/mol. The highest BCUT2D eigenvalue weighted by molar-refractivity contribution is 5.98. The van der Waals surface area contributed by atoms with E-state index in [0.29, 0.717) is 17.5 Å². The Morgan fingerprint density at radius 1 is 1.30 bits per heavy atom. The molecule has 1 aromatic carbocycles. The second-order valence-corrected chi connectivity index (χ2v) is 10.0. The third-order valence-electron chi connectivity index (χ3n) is 7.52. The Kier molecular flexibility index (Phi) is 7.13. The topological polar surface area (TPSA) is 79.0 Å². The summed E-state index contributed by atoms with van der Waals surface area (Å²) in [7, 11) is 1.89. The fourth-order valence-electron chi connectivity index (χ4n) is 5.29. The number of ketones is 1. The highest BCUT2D eigenvalue weighted by Crippen LogP contribution is 2.40. The number of fused-ring (bicyclic) bond motifs is 1. The van der Waals surface area contributed by atoms with Gasteiger partial charge in [-0.25, -0.2) is 4.98 Å². The third-order valence-corrected chi connectivity index (χ3v) is 7.52. The van der Waals surface area contributed by atoms with Crippen LogP contribution in [0.5, 0.6) is 0 Å². The summed E-state index contributed by atoms with van der Waals surface area (Å²) in [5.41, 5.74) is 4.40. The number of alkyl halides is 3. The van der Waals surface area contributed by atoms with E-state index in [2.05, 4.69) is 4.98 Å². The Bertz CT molecular complexity index is 1400. The van der Waals surface area contributed by atoms with Crippen LogP contribution in [0.1, 0.15) is 58.8 Å². The molecule has 1 fully saturated rings. The van der Waals surface area contributed by atoms with E-state index in [-0.39, 0.29) is 37.1 Å². The van der Waals surface area contributed by atoms with Crippen molar-refractivity contribution < 1.29 is 22.8 Å². The van der Waals surface area contributed by atoms with E-state index >= 15 is 0 Å². The summed E-state index contributed by atoms with van der Waals surface area (Å²) in [6.45, 7) is 5.33. The molecule has 0 aliphatic carbocycles. The molecule has 0 bridgehead atoms. The molecule has 1 aliphatic rings. The predicted octanol–water partition coefficient (Wildman–Crippen LogP) is 5.33. The molecule has 0 radical (unpaired) electrons. The molecule has 194 valence electrons. The lowest BCUT2D eigenvalue weighted by Gasteiger charge is -2.38. The Labute approximate surface area is 213 Å². The number of halogens is 3. The molecule has 3 heterocycles. The standard InChI is InChI=1S/C28H29F3N4O2/c1-16-14-35(27(37)18(3)28(29,30)31)9-8-22(16)23-15-34(4)26-25(23)17(2)21(13-33-26)11-24(36)20-7-5-6-19(10-20)12-32/h5-7,10,13,15-16,18,22H,8-9,11,14H2,1-4H3/t16-,18-,22?/m0/s1. The first-order valence-electron chi connectivity index (χ1n) is 12.2. The predicted molar refractivity (Wildman–Crippen MR) is 133 cm³/mol. The van der Waals surface area contributed by atoms with Crippen LogP contribution >= 0.6 is 0 Å². The summed E-state index contributed by atoms with van der Waals surface area (Å²) in [5.74, 6) is -3.03. The number of hydrogen-bond donors (Lipinski definition) is 0. The number of rotatable bonds is 5. The first kappa shape index (κ1) is 26.4. The second-order valence-electron chi connectivity index (χ2n) is 10.0. The average molecular weight is 511 g/mol. The van der Waals surface area contributed by atoms with Gasteiger partial charge in [-0.1, -0.05) is 19.1 Å². The van der Waals surface area contributed by atoms with Crippen molar-refractivity contribution in [2.45, 2.75) is 45.7 Å². The van der Waals surface area contributed by atoms with Crippen LogP contribution in [0.2, 0.25) is 0 Å². The molecule has 1 saturated heterocycles. The number of piperidine rings is 1. The third kappa shape index (κ3) is 5.10. The molecule has 6 nitrogen and oxygen atoms in total. The van der Waals surface area contributed by atoms with Crippen LogP contribution in [0.3, 0.4) is 0 Å². The van der Waals surface area contributed by atoms with Crippen molar-refractivity contribution in [3.8, 4) is 6.07 Å². The summed E-state index contributed by atoms with van der Waals surface area (Å²) in [4.78, 5) is 31.4. The molecule has 1 amide bonds. The van der Waals surface area contributed by atoms with Gasteiger partial charge in [0.2, 0.25) is 5.91 Å². The molecule has 37 heavy (non-hydrogen) atoms. The molecule has 1 aliphatic heterocycles. The van der Waals surface area contributed by atoms with Crippen LogP contribution in [-0.4, -0.2) is 45.4 Å². The van der Waals surface area contributed by atoms with E-state index in [4.69, 9.17) is 5.26 Å². The number of likely N-dealkylation sites (tertiary alicyclic amines) is 1. The number of Topliss-reactive ketones (excluding diaryl/α,β-unsaturated/α-hetero) is 1. The molecule has 9 heteroatoms. The lowest BCUT2D eigenvalue weighted by atomic mass is 9.80. The Morgan fingerprint density at radius 3 is 2.68 bits per heavy atom. The number of carbonyl (C=O) groups is 2. The van der Waals surface area contributed by atoms with E-state index in [0.717, 1.165) is 34.6 Å². The molecule has 3 atom stereocenters. The highest BCUT2D eigenvalue weighted by atomic mass is 19.4. The van der Waals surface area contributed by atoms with Crippen LogP contribution in [0.15, 0.2) is 36.7 Å². The molecule has 2 aromatic heterocycles. The Hall–Kier alpha value is -3.67. The number of carbonyl (C=O) groups excluding carboxylic acids is 2. The lowest BCUT2D eigenvalue weighted by Crippen LogP contribution is -2.47. The normalized spacial score (nSPS) is 19.0. The number of pyridine rings is 1. The van der Waals surface area contributed by atoms with Gasteiger partial charge in [-0.05, 0) is 60.9 Å². The van der Waals surface area contributed by atoms with E-state index in [9.17, 15) is 22.8 Å². The van der Waals surface area contributed by atoms with Crippen molar-refractivity contribution in [3.05, 3.63) is 64.5 Å². The smallest absolute Gasteiger partial charge is 0.342 e. The summed E-state index contributed by atoms with van der Waals surface area (Å²) in [5, 5.41) is 10.1. The van der Waals surface area contributed by atoms with Crippen LogP contribution < -0.4 is 0 Å². The fraction of sp³-hybridized carbons (Fsp3) is 0.429. The summed E-state index contributed by atoms with van der Waals surface area (Å²) >= 11 is 0. The van der Waals surface area contributed by atoms with Gasteiger partial charge in [0, 0.05) is 49.9 Å². The number of nitrogens with zero attached hydrogens (tertiary/aromatic N) is 4. The fourth-order valence-corrected chi connectivity index (χ4v) is 5.29. The van der Waals surface area contributed by atoms with Gasteiger partial charge in [-0.15, -0.1) is 0 Å². The maximum atomic E-state index is 13.1. The largest absolute Gasteiger partial charge is 0.400 e. The number of amides is 1. The Balaban J connectivity index is 1.61. The van der Waals surface area contributed by atoms with Gasteiger partial charge in [0.05, 0.1) is 11.6 Å². The molecular weight excluding hydrogens is 481 g/mol. The first-order valence-corrected chi connectivity index (χ1v) is 12.2. The van der Waals surface area contributed by atoms with E-state index < -0.39 is 18.0 Å². The lowest BCUT2D eigenvalue weighted by molar-refractivity contribution is -0.186. The molecule has 3 aromatic rings. The van der Waals surface area contributed by atoms with Gasteiger partial charge in [-0.3, -0.25) is 9.59 Å². The zero-order valence-electron chi connectivity index (χ0n) is 21.3. The van der Waals surface area contributed by atoms with Gasteiger partial charge >= 0.3 is 6.18 Å². The number of benzene rings is 1. The number of hydrogen-bond acceptors (Lipinski definition) is 4. The van der Waals surface area contributed by atoms with E-state index in [1.165, 1.54) is 4.90 Å². The quantitative estimate of drug-likeness (QED) is 0.435. The van der Waals surface area contributed by atoms with E-state index in [1.54, 1.807) is 30.5 Å². The van der Waals surface area contributed by atoms with Gasteiger partial charge < -0.3 is 9.47 Å². The zero-order chi connectivity index (χ0) is 27.1. The molecule has 0 N–H and O–H groups in total. The summed E-state index contributed by atoms with van der Waals surface area (Å²) in [6, 6.07) is 8.65. The van der Waals surface area contributed by atoms with Crippen LogP contribution in [0.4, 0.5) is 13.2 Å². The van der Waals surface area contributed by atoms with Crippen LogP contribution in [-0.2, 0) is 18.3 Å². The number of aryl methyl sites for hydroxylation is 2. The van der Waals surface area contributed by atoms with Crippen LogP contribution in [0.25, 0.3) is 11.0 Å². The molecular formula is C28H29F3N4O2. The number of aromatic nitrogens is 2. The van der Waals surface area contributed by atoms with Gasteiger partial charge in [0.15, 0.2) is 5.78 Å². The first-order chi connectivity index (χ1) is 17.4. The average Bonchev–Trinajstić information content (AvgIpc) is 3.20. The summed E-state index contributed by atoms with van der Waals surface area (Å²) in [6.07, 6.45) is -0.171. The maximum absolute atomic E-state index is 13.1. The van der Waals surface area contributed by atoms with Gasteiger partial charge in [0.25, 0.3) is 0 Å². The van der Waals surface area contributed by atoms with Crippen molar-refractivity contribution in [1.82, 2.24) is 14.5 Å². The van der Waals surface area contributed by atoms with Crippen molar-refractivity contribution >= 4 is 22.7 Å². The minimum Gasteiger partial charge on any atom is -0.342 e. The minimum atomic E-state index is -4.56. The minimum absolute atomic E-state index is 0.0349. The molecule has 1 unspecified atom stereocenters. The Morgan fingerprint density at radius 2 is 2.03 bits per heavy atom. The zero-order valence-corrected chi connectivity index (χ0v) is 21.3. The van der Waals surface area contributed by atoms with Crippen molar-refractivity contribution in [2.24, 2.45) is 18.9 Å². The summed E-state index contributed by atoms with van der Waals surface area (Å²) < 4.78 is 41.2. The second kappa shape index (κ2) is 10.0. The molecule has 0 saturated carbocycles. The molecule has 4 rings (SSSR count). The maximum Gasteiger partial charge on any atom is 0.400 e. The SMILES string of the molecule is Cc1c(CC(=O)c2cccc(C#N)c2)cnc2c1c(C1CCN(C(=O)[C@H](C)C(F)(F)F)C[C@@H]1C)cn2C. The highest BCUT2D eigenvalue weighted by Gasteiger charge is 2.44.